The van der Waals surface area contributed by atoms with Gasteiger partial charge < -0.3 is 14.8 Å². The first-order valence-electron chi connectivity index (χ1n) is 6.76. The number of hydrogen-bond acceptors (Lipinski definition) is 4. The minimum Gasteiger partial charge on any atom is -0.496 e. The zero-order chi connectivity index (χ0) is 14.4. The Morgan fingerprint density at radius 1 is 1.32 bits per heavy atom. The lowest BCUT2D eigenvalue weighted by molar-refractivity contribution is 0.210. The fourth-order valence-electron chi connectivity index (χ4n) is 2.11. The molecule has 2 N–H and O–H groups in total. The Kier molecular flexibility index (Phi) is 6.35. The quantitative estimate of drug-likeness (QED) is 0.722. The Labute approximate surface area is 116 Å². The van der Waals surface area contributed by atoms with Crippen molar-refractivity contribution in [2.45, 2.75) is 39.8 Å². The summed E-state index contributed by atoms with van der Waals surface area (Å²) in [6, 6.07) is 5.70. The first-order valence-corrected chi connectivity index (χ1v) is 6.76. The van der Waals surface area contributed by atoms with Crippen molar-refractivity contribution in [2.24, 2.45) is 0 Å². The molecule has 0 saturated heterocycles. The fourth-order valence-corrected chi connectivity index (χ4v) is 2.11. The van der Waals surface area contributed by atoms with E-state index in [0.717, 1.165) is 30.8 Å². The Morgan fingerprint density at radius 3 is 2.47 bits per heavy atom. The van der Waals surface area contributed by atoms with Crippen LogP contribution in [0.4, 0.5) is 0 Å². The van der Waals surface area contributed by atoms with Gasteiger partial charge in [0.05, 0.1) is 7.11 Å². The van der Waals surface area contributed by atoms with E-state index in [1.165, 1.54) is 0 Å². The predicted molar refractivity (Wildman–Crippen MR) is 78.7 cm³/mol. The summed E-state index contributed by atoms with van der Waals surface area (Å²) in [4.78, 5) is 2.34. The van der Waals surface area contributed by atoms with Gasteiger partial charge in [0.1, 0.15) is 5.75 Å². The smallest absolute Gasteiger partial charge is 0.488 e. The second-order valence-electron chi connectivity index (χ2n) is 5.01. The van der Waals surface area contributed by atoms with Crippen LogP contribution < -0.4 is 10.2 Å². The van der Waals surface area contributed by atoms with Gasteiger partial charge in [0.2, 0.25) is 0 Å². The van der Waals surface area contributed by atoms with E-state index in [2.05, 4.69) is 25.7 Å². The molecule has 0 fully saturated rings. The average molecular weight is 265 g/mol. The van der Waals surface area contributed by atoms with Gasteiger partial charge in [0.15, 0.2) is 0 Å². The molecule has 0 amide bonds. The van der Waals surface area contributed by atoms with Crippen LogP contribution in [-0.4, -0.2) is 41.8 Å². The van der Waals surface area contributed by atoms with Crippen molar-refractivity contribution in [3.63, 3.8) is 0 Å². The van der Waals surface area contributed by atoms with Crippen molar-refractivity contribution in [3.05, 3.63) is 23.8 Å². The third-order valence-electron chi connectivity index (χ3n) is 3.22. The summed E-state index contributed by atoms with van der Waals surface area (Å²) >= 11 is 0. The predicted octanol–water partition coefficient (Wildman–Crippen LogP) is 0.995. The second kappa shape index (κ2) is 7.53. The van der Waals surface area contributed by atoms with E-state index in [-0.39, 0.29) is 0 Å². The highest BCUT2D eigenvalue weighted by Crippen LogP contribution is 2.19. The van der Waals surface area contributed by atoms with Crippen LogP contribution in [0.15, 0.2) is 18.2 Å². The van der Waals surface area contributed by atoms with Gasteiger partial charge in [-0.25, -0.2) is 0 Å². The van der Waals surface area contributed by atoms with Crippen LogP contribution in [0.2, 0.25) is 0 Å². The minimum absolute atomic E-state index is 0.437. The first-order chi connectivity index (χ1) is 8.99. The molecule has 4 nitrogen and oxygen atoms in total. The molecule has 0 aliphatic carbocycles. The van der Waals surface area contributed by atoms with E-state index in [4.69, 9.17) is 4.74 Å². The molecule has 5 heteroatoms. The van der Waals surface area contributed by atoms with Crippen molar-refractivity contribution in [2.75, 3.05) is 13.7 Å². The molecule has 0 aromatic heterocycles. The van der Waals surface area contributed by atoms with Crippen molar-refractivity contribution in [1.82, 2.24) is 4.90 Å². The van der Waals surface area contributed by atoms with Gasteiger partial charge in [-0.15, -0.1) is 0 Å². The number of ether oxygens (including phenoxy) is 1. The van der Waals surface area contributed by atoms with Gasteiger partial charge in [-0.1, -0.05) is 19.1 Å². The molecule has 1 aromatic rings. The highest BCUT2D eigenvalue weighted by atomic mass is 16.5. The normalized spacial score (nSPS) is 11.2. The molecule has 106 valence electrons. The zero-order valence-electron chi connectivity index (χ0n) is 12.3. The Balaban J connectivity index is 2.98. The fraction of sp³-hybridized carbons (Fsp3) is 0.571. The maximum Gasteiger partial charge on any atom is 0.488 e. The standard InChI is InChI=1S/C14H24BNO3/c1-5-8-16(11(2)3)10-12-9-13(15(17)18)6-7-14(12)19-4/h6-7,9,11,17-18H,5,8,10H2,1-4H3. The van der Waals surface area contributed by atoms with E-state index in [0.29, 0.717) is 11.5 Å². The highest BCUT2D eigenvalue weighted by molar-refractivity contribution is 6.58. The molecule has 0 saturated carbocycles. The van der Waals surface area contributed by atoms with E-state index in [9.17, 15) is 10.0 Å². The molecule has 0 spiro atoms. The molecular weight excluding hydrogens is 241 g/mol. The minimum atomic E-state index is -1.44. The van der Waals surface area contributed by atoms with Crippen LogP contribution in [0.25, 0.3) is 0 Å². The number of benzene rings is 1. The van der Waals surface area contributed by atoms with E-state index in [1.807, 2.05) is 0 Å². The molecular formula is C14H24BNO3. The van der Waals surface area contributed by atoms with Gasteiger partial charge in [-0.2, -0.15) is 0 Å². The molecule has 0 aliphatic heterocycles. The molecule has 19 heavy (non-hydrogen) atoms. The molecule has 0 heterocycles. The van der Waals surface area contributed by atoms with Crippen LogP contribution >= 0.6 is 0 Å². The summed E-state index contributed by atoms with van der Waals surface area (Å²) < 4.78 is 5.35. The highest BCUT2D eigenvalue weighted by Gasteiger charge is 2.16. The van der Waals surface area contributed by atoms with Crippen LogP contribution in [0, 0.1) is 0 Å². The topological polar surface area (TPSA) is 52.9 Å². The molecule has 0 bridgehead atoms. The van der Waals surface area contributed by atoms with Crippen molar-refractivity contribution in [1.29, 1.82) is 0 Å². The van der Waals surface area contributed by atoms with Gasteiger partial charge >= 0.3 is 7.12 Å². The SMILES string of the molecule is CCCN(Cc1cc(B(O)O)ccc1OC)C(C)C. The van der Waals surface area contributed by atoms with Crippen molar-refractivity contribution in [3.8, 4) is 5.75 Å². The molecule has 0 radical (unpaired) electrons. The van der Waals surface area contributed by atoms with Crippen LogP contribution in [0.1, 0.15) is 32.8 Å². The third kappa shape index (κ3) is 4.53. The van der Waals surface area contributed by atoms with Gasteiger partial charge in [0, 0.05) is 18.2 Å². The lowest BCUT2D eigenvalue weighted by Crippen LogP contribution is -2.33. The summed E-state index contributed by atoms with van der Waals surface area (Å²) in [5.41, 5.74) is 1.48. The number of hydrogen-bond donors (Lipinski definition) is 2. The number of nitrogens with zero attached hydrogens (tertiary/aromatic N) is 1. The van der Waals surface area contributed by atoms with Gasteiger partial charge in [-0.3, -0.25) is 4.90 Å². The summed E-state index contributed by atoms with van der Waals surface area (Å²) in [5, 5.41) is 18.5. The van der Waals surface area contributed by atoms with Crippen molar-refractivity contribution < 1.29 is 14.8 Å². The van der Waals surface area contributed by atoms with E-state index in [1.54, 1.807) is 25.3 Å². The van der Waals surface area contributed by atoms with Gasteiger partial charge in [-0.05, 0) is 38.3 Å². The molecule has 0 unspecified atom stereocenters. The molecule has 1 rings (SSSR count). The second-order valence-corrected chi connectivity index (χ2v) is 5.01. The summed E-state index contributed by atoms with van der Waals surface area (Å²) in [6.07, 6.45) is 1.09. The summed E-state index contributed by atoms with van der Waals surface area (Å²) in [7, 11) is 0.191. The zero-order valence-corrected chi connectivity index (χ0v) is 12.3. The molecule has 0 aliphatic rings. The van der Waals surface area contributed by atoms with E-state index < -0.39 is 7.12 Å². The largest absolute Gasteiger partial charge is 0.496 e. The van der Waals surface area contributed by atoms with E-state index >= 15 is 0 Å². The van der Waals surface area contributed by atoms with Crippen LogP contribution in [0.5, 0.6) is 5.75 Å². The lowest BCUT2D eigenvalue weighted by atomic mass is 9.79. The van der Waals surface area contributed by atoms with Gasteiger partial charge in [0.25, 0.3) is 0 Å². The monoisotopic (exact) mass is 265 g/mol. The Bertz CT molecular complexity index is 396. The first kappa shape index (κ1) is 16.0. The maximum atomic E-state index is 9.26. The molecule has 1 aromatic carbocycles. The maximum absolute atomic E-state index is 9.26. The van der Waals surface area contributed by atoms with Crippen LogP contribution in [-0.2, 0) is 6.54 Å². The Morgan fingerprint density at radius 2 is 2.00 bits per heavy atom. The lowest BCUT2D eigenvalue weighted by Gasteiger charge is -2.27. The van der Waals surface area contributed by atoms with Crippen LogP contribution in [0.3, 0.4) is 0 Å². The number of rotatable bonds is 7. The third-order valence-corrected chi connectivity index (χ3v) is 3.22. The summed E-state index contributed by atoms with van der Waals surface area (Å²) in [6.45, 7) is 8.22. The number of methoxy groups -OCH3 is 1. The van der Waals surface area contributed by atoms with Crippen molar-refractivity contribution >= 4 is 12.6 Å². The Hall–Kier alpha value is -1.04. The average Bonchev–Trinajstić information content (AvgIpc) is 2.37. The summed E-state index contributed by atoms with van der Waals surface area (Å²) in [5.74, 6) is 0.783. The molecule has 0 atom stereocenters.